The molecule has 1 saturated heterocycles. The van der Waals surface area contributed by atoms with Crippen LogP contribution in [-0.2, 0) is 22.4 Å². The Labute approximate surface area is 197 Å². The first-order valence-corrected chi connectivity index (χ1v) is 12.9. The third-order valence-corrected chi connectivity index (χ3v) is 9.13. The minimum atomic E-state index is -4.74. The van der Waals surface area contributed by atoms with Crippen LogP contribution < -0.4 is 4.90 Å². The predicted octanol–water partition coefficient (Wildman–Crippen LogP) is 5.99. The third kappa shape index (κ3) is 5.17. The first-order chi connectivity index (χ1) is 15.6. The Morgan fingerprint density at radius 2 is 1.82 bits per heavy atom. The molecule has 2 aromatic carbocycles. The van der Waals surface area contributed by atoms with E-state index in [1.54, 1.807) is 6.07 Å². The molecule has 0 atom stereocenters. The smallest absolute Gasteiger partial charge is 0.348 e. The Bertz CT molecular complexity index is 1250. The van der Waals surface area contributed by atoms with Crippen LogP contribution in [0, 0.1) is 5.82 Å². The number of hydrogen-bond acceptors (Lipinski definition) is 5. The topological polar surface area (TPSA) is 50.3 Å². The number of halogens is 5. The normalized spacial score (nSPS) is 15.7. The van der Waals surface area contributed by atoms with Gasteiger partial charge in [-0.05, 0) is 42.7 Å². The number of alkyl halides is 3. The van der Waals surface area contributed by atoms with Crippen molar-refractivity contribution in [2.24, 2.45) is 0 Å². The van der Waals surface area contributed by atoms with Crippen LogP contribution in [0.25, 0.3) is 0 Å². The molecule has 2 heterocycles. The Balaban J connectivity index is 1.44. The second-order valence-corrected chi connectivity index (χ2v) is 11.2. The van der Waals surface area contributed by atoms with Gasteiger partial charge in [0.2, 0.25) is 0 Å². The molecule has 176 valence electrons. The van der Waals surface area contributed by atoms with Gasteiger partial charge in [0.05, 0.1) is 26.4 Å². The van der Waals surface area contributed by atoms with Crippen molar-refractivity contribution in [3.05, 3.63) is 75.5 Å². The van der Waals surface area contributed by atoms with E-state index in [1.807, 2.05) is 10.3 Å². The summed E-state index contributed by atoms with van der Waals surface area (Å²) in [7, 11) is -4.13. The zero-order valence-corrected chi connectivity index (χ0v) is 19.5. The van der Waals surface area contributed by atoms with E-state index in [2.05, 4.69) is 4.98 Å². The molecular weight excluding hydrogens is 500 g/mol. The third-order valence-electron chi connectivity index (χ3n) is 5.56. The van der Waals surface area contributed by atoms with Crippen molar-refractivity contribution in [2.75, 3.05) is 18.0 Å². The van der Waals surface area contributed by atoms with E-state index < -0.39 is 37.5 Å². The van der Waals surface area contributed by atoms with Gasteiger partial charge in [-0.1, -0.05) is 29.8 Å². The first-order valence-electron chi connectivity index (χ1n) is 10.1. The molecule has 0 radical (unpaired) electrons. The molecule has 1 aliphatic heterocycles. The number of anilines is 1. The predicted molar refractivity (Wildman–Crippen MR) is 120 cm³/mol. The lowest BCUT2D eigenvalue weighted by molar-refractivity contribution is -0.139. The van der Waals surface area contributed by atoms with Gasteiger partial charge >= 0.3 is 6.18 Å². The van der Waals surface area contributed by atoms with E-state index in [-0.39, 0.29) is 17.9 Å². The van der Waals surface area contributed by atoms with Gasteiger partial charge in [0.1, 0.15) is 5.82 Å². The van der Waals surface area contributed by atoms with Crippen LogP contribution in [0.1, 0.15) is 29.7 Å². The number of aromatic nitrogens is 1. The maximum Gasteiger partial charge on any atom is 0.417 e. The van der Waals surface area contributed by atoms with Gasteiger partial charge in [0.15, 0.2) is 15.0 Å². The lowest BCUT2D eigenvalue weighted by Gasteiger charge is -2.31. The maximum atomic E-state index is 13.7. The molecule has 0 aliphatic carbocycles. The quantitative estimate of drug-likeness (QED) is 0.389. The summed E-state index contributed by atoms with van der Waals surface area (Å²) in [6.07, 6.45) is -3.92. The lowest BCUT2D eigenvalue weighted by atomic mass is 10.1. The highest BCUT2D eigenvalue weighted by Gasteiger charge is 2.40. The van der Waals surface area contributed by atoms with Gasteiger partial charge in [-0.2, -0.15) is 13.2 Å². The zero-order chi connectivity index (χ0) is 23.8. The van der Waals surface area contributed by atoms with Crippen LogP contribution in [0.15, 0.2) is 52.7 Å². The first kappa shape index (κ1) is 24.0. The van der Waals surface area contributed by atoms with Crippen molar-refractivity contribution in [3.8, 4) is 0 Å². The van der Waals surface area contributed by atoms with Crippen LogP contribution >= 0.6 is 22.9 Å². The van der Waals surface area contributed by atoms with Crippen molar-refractivity contribution >= 4 is 37.9 Å². The second-order valence-electron chi connectivity index (χ2n) is 7.77. The SMILES string of the molecule is O=S(=O)(c1ccccc1C(F)(F)F)C1CCN(c2nc(Cc3ccc(Cl)c(F)c3)cs2)CC1. The molecule has 4 nitrogen and oxygen atoms in total. The molecule has 0 saturated carbocycles. The van der Waals surface area contributed by atoms with Gasteiger partial charge in [0.25, 0.3) is 0 Å². The number of nitrogens with zero attached hydrogens (tertiary/aromatic N) is 2. The van der Waals surface area contributed by atoms with E-state index >= 15 is 0 Å². The number of hydrogen-bond donors (Lipinski definition) is 0. The number of piperidine rings is 1. The van der Waals surface area contributed by atoms with Crippen molar-refractivity contribution in [3.63, 3.8) is 0 Å². The summed E-state index contributed by atoms with van der Waals surface area (Å²) in [4.78, 5) is 5.83. The fraction of sp³-hybridized carbons (Fsp3) is 0.318. The van der Waals surface area contributed by atoms with Crippen LogP contribution in [-0.4, -0.2) is 31.7 Å². The molecule has 0 unspecified atom stereocenters. The minimum absolute atomic E-state index is 0.0494. The second kappa shape index (κ2) is 9.23. The van der Waals surface area contributed by atoms with E-state index in [9.17, 15) is 26.0 Å². The summed E-state index contributed by atoms with van der Waals surface area (Å²) >= 11 is 7.10. The van der Waals surface area contributed by atoms with Crippen molar-refractivity contribution in [1.82, 2.24) is 4.98 Å². The number of rotatable bonds is 5. The summed E-state index contributed by atoms with van der Waals surface area (Å²) in [5, 5.41) is 1.71. The molecule has 4 rings (SSSR count). The molecule has 0 amide bonds. The van der Waals surface area contributed by atoms with Gasteiger partial charge in [-0.3, -0.25) is 0 Å². The molecule has 1 aromatic heterocycles. The molecule has 11 heteroatoms. The fourth-order valence-corrected chi connectivity index (χ4v) is 6.81. The molecule has 1 fully saturated rings. The van der Waals surface area contributed by atoms with Crippen molar-refractivity contribution in [1.29, 1.82) is 0 Å². The van der Waals surface area contributed by atoms with Crippen LogP contribution in [0.4, 0.5) is 22.7 Å². The number of thiazole rings is 1. The maximum absolute atomic E-state index is 13.7. The highest BCUT2D eigenvalue weighted by atomic mass is 35.5. The fourth-order valence-electron chi connectivity index (χ4n) is 3.87. The van der Waals surface area contributed by atoms with E-state index in [0.29, 0.717) is 24.6 Å². The van der Waals surface area contributed by atoms with Crippen molar-refractivity contribution in [2.45, 2.75) is 35.6 Å². The van der Waals surface area contributed by atoms with Gasteiger partial charge in [-0.25, -0.2) is 17.8 Å². The summed E-state index contributed by atoms with van der Waals surface area (Å²) in [5.41, 5.74) is 0.336. The lowest BCUT2D eigenvalue weighted by Crippen LogP contribution is -2.39. The van der Waals surface area contributed by atoms with Gasteiger partial charge in [-0.15, -0.1) is 11.3 Å². The largest absolute Gasteiger partial charge is 0.417 e. The highest BCUT2D eigenvalue weighted by Crippen LogP contribution is 2.37. The standard InChI is InChI=1S/C22H19ClF4N2O2S2/c23-18-6-5-14(12-19(18)24)11-15-13-32-21(28-15)29-9-7-16(8-10-29)33(30,31)20-4-2-1-3-17(20)22(25,26)27/h1-6,12-13,16H,7-11H2. The molecule has 3 aromatic rings. The number of benzene rings is 2. The summed E-state index contributed by atoms with van der Waals surface area (Å²) in [6.45, 7) is 0.723. The summed E-state index contributed by atoms with van der Waals surface area (Å²) < 4.78 is 79.6. The van der Waals surface area contributed by atoms with E-state index in [4.69, 9.17) is 11.6 Å². The van der Waals surface area contributed by atoms with Crippen LogP contribution in [0.5, 0.6) is 0 Å². The average Bonchev–Trinajstić information content (AvgIpc) is 3.24. The summed E-state index contributed by atoms with van der Waals surface area (Å²) in [6, 6.07) is 8.88. The molecule has 33 heavy (non-hydrogen) atoms. The van der Waals surface area contributed by atoms with E-state index in [1.165, 1.54) is 35.6 Å². The Morgan fingerprint density at radius 3 is 2.48 bits per heavy atom. The van der Waals surface area contributed by atoms with Gasteiger partial charge in [0, 0.05) is 24.9 Å². The van der Waals surface area contributed by atoms with Gasteiger partial charge < -0.3 is 4.90 Å². The van der Waals surface area contributed by atoms with Crippen molar-refractivity contribution < 1.29 is 26.0 Å². The Morgan fingerprint density at radius 1 is 1.12 bits per heavy atom. The van der Waals surface area contributed by atoms with Crippen LogP contribution in [0.3, 0.4) is 0 Å². The average molecular weight is 519 g/mol. The number of sulfone groups is 1. The highest BCUT2D eigenvalue weighted by molar-refractivity contribution is 7.92. The van der Waals surface area contributed by atoms with E-state index in [0.717, 1.165) is 23.4 Å². The molecule has 0 bridgehead atoms. The molecule has 0 N–H and O–H groups in total. The zero-order valence-electron chi connectivity index (χ0n) is 17.1. The molecular formula is C22H19ClF4N2O2S2. The minimum Gasteiger partial charge on any atom is -0.348 e. The molecule has 0 spiro atoms. The summed E-state index contributed by atoms with van der Waals surface area (Å²) in [5.74, 6) is -0.500. The molecule has 1 aliphatic rings. The Kier molecular flexibility index (Phi) is 6.70. The van der Waals surface area contributed by atoms with Crippen LogP contribution in [0.2, 0.25) is 5.02 Å². The Hall–Kier alpha value is -2.17. The monoisotopic (exact) mass is 518 g/mol.